The molecule has 0 saturated carbocycles. The number of nitrogens with zero attached hydrogens (tertiary/aromatic N) is 2. The van der Waals surface area contributed by atoms with E-state index in [1.807, 2.05) is 42.2 Å². The number of thiocarbonyl (C=S) groups is 1. The van der Waals surface area contributed by atoms with E-state index in [1.54, 1.807) is 0 Å². The number of anilines is 1. The van der Waals surface area contributed by atoms with Crippen molar-refractivity contribution in [3.8, 4) is 0 Å². The number of aromatic nitrogens is 1. The highest BCUT2D eigenvalue weighted by atomic mass is 32.1. The Kier molecular flexibility index (Phi) is 3.47. The second-order valence-electron chi connectivity index (χ2n) is 5.07. The lowest BCUT2D eigenvalue weighted by atomic mass is 10.1. The number of hydrogen-bond acceptors (Lipinski definition) is 4. The van der Waals surface area contributed by atoms with E-state index in [0.717, 1.165) is 28.8 Å². The fraction of sp³-hybridized carbons (Fsp3) is 0.267. The predicted octanol–water partition coefficient (Wildman–Crippen LogP) is 1.19. The monoisotopic (exact) mass is 300 g/mol. The summed E-state index contributed by atoms with van der Waals surface area (Å²) in [6, 6.07) is 9.35. The first-order valence-electron chi connectivity index (χ1n) is 6.82. The summed E-state index contributed by atoms with van der Waals surface area (Å²) in [5.74, 6) is 0.743. The van der Waals surface area contributed by atoms with Crippen molar-refractivity contribution in [3.05, 3.63) is 35.9 Å². The van der Waals surface area contributed by atoms with Crippen LogP contribution in [0.1, 0.15) is 12.5 Å². The average molecular weight is 300 g/mol. The number of carbonyl (C=O) groups is 1. The molecule has 1 aromatic heterocycles. The summed E-state index contributed by atoms with van der Waals surface area (Å²) in [5, 5.41) is 3.78. The third-order valence-corrected chi connectivity index (χ3v) is 3.98. The zero-order valence-electron chi connectivity index (χ0n) is 11.7. The van der Waals surface area contributed by atoms with Crippen LogP contribution in [0.15, 0.2) is 30.3 Å². The van der Waals surface area contributed by atoms with Gasteiger partial charge in [0.05, 0.1) is 5.52 Å². The van der Waals surface area contributed by atoms with Gasteiger partial charge in [-0.1, -0.05) is 30.4 Å². The second-order valence-corrected chi connectivity index (χ2v) is 5.51. The number of para-hydroxylation sites is 1. The van der Waals surface area contributed by atoms with Gasteiger partial charge in [0.25, 0.3) is 0 Å². The molecule has 2 heterocycles. The Balaban J connectivity index is 2.15. The third-order valence-electron chi connectivity index (χ3n) is 3.76. The van der Waals surface area contributed by atoms with Crippen LogP contribution in [0.2, 0.25) is 0 Å². The molecule has 1 unspecified atom stereocenters. The summed E-state index contributed by atoms with van der Waals surface area (Å²) in [6.07, 6.45) is 0. The highest BCUT2D eigenvalue weighted by Crippen LogP contribution is 2.24. The molecule has 1 aromatic carbocycles. The van der Waals surface area contributed by atoms with E-state index < -0.39 is 0 Å². The summed E-state index contributed by atoms with van der Waals surface area (Å²) >= 11 is 5.16. The fourth-order valence-electron chi connectivity index (χ4n) is 2.61. The molecule has 108 valence electrons. The molecule has 1 amide bonds. The summed E-state index contributed by atoms with van der Waals surface area (Å²) < 4.78 is 0. The molecule has 0 spiro atoms. The quantitative estimate of drug-likeness (QED) is 0.815. The summed E-state index contributed by atoms with van der Waals surface area (Å²) in [6.45, 7) is 3.20. The van der Waals surface area contributed by atoms with Crippen LogP contribution in [-0.4, -0.2) is 35.0 Å². The molecule has 1 atom stereocenters. The van der Waals surface area contributed by atoms with Crippen molar-refractivity contribution in [3.63, 3.8) is 0 Å². The average Bonchev–Trinajstić information content (AvgIpc) is 2.48. The van der Waals surface area contributed by atoms with Crippen LogP contribution < -0.4 is 16.0 Å². The molecule has 0 radical (unpaired) electrons. The Labute approximate surface area is 128 Å². The van der Waals surface area contributed by atoms with Gasteiger partial charge in [0, 0.05) is 24.0 Å². The van der Waals surface area contributed by atoms with Crippen LogP contribution in [0.25, 0.3) is 10.9 Å². The molecular formula is C15H16N4OS. The summed E-state index contributed by atoms with van der Waals surface area (Å²) in [4.78, 5) is 18.8. The summed E-state index contributed by atoms with van der Waals surface area (Å²) in [7, 11) is 0. The first-order valence-corrected chi connectivity index (χ1v) is 7.22. The van der Waals surface area contributed by atoms with E-state index in [0.29, 0.717) is 11.5 Å². The third kappa shape index (κ3) is 2.42. The van der Waals surface area contributed by atoms with Gasteiger partial charge in [0.2, 0.25) is 5.91 Å². The Bertz CT molecular complexity index is 731. The van der Waals surface area contributed by atoms with Crippen molar-refractivity contribution in [2.75, 3.05) is 18.0 Å². The topological polar surface area (TPSA) is 71.2 Å². The van der Waals surface area contributed by atoms with Crippen LogP contribution in [0.3, 0.4) is 0 Å². The molecule has 0 bridgehead atoms. The number of piperazine rings is 1. The maximum atomic E-state index is 11.8. The predicted molar refractivity (Wildman–Crippen MR) is 87.4 cm³/mol. The van der Waals surface area contributed by atoms with Crippen LogP contribution >= 0.6 is 12.2 Å². The van der Waals surface area contributed by atoms with Crippen molar-refractivity contribution in [2.45, 2.75) is 13.0 Å². The molecule has 1 aliphatic rings. The molecule has 21 heavy (non-hydrogen) atoms. The number of nitrogens with two attached hydrogens (primary N) is 1. The van der Waals surface area contributed by atoms with Gasteiger partial charge in [-0.15, -0.1) is 0 Å². The first kappa shape index (κ1) is 13.8. The van der Waals surface area contributed by atoms with Gasteiger partial charge >= 0.3 is 0 Å². The van der Waals surface area contributed by atoms with E-state index >= 15 is 0 Å². The SMILES string of the molecule is CC1C(=O)NCCN1c1cc(C(N)=S)c2ccccc2n1. The number of pyridine rings is 1. The van der Waals surface area contributed by atoms with Crippen molar-refractivity contribution in [1.29, 1.82) is 0 Å². The van der Waals surface area contributed by atoms with Crippen LogP contribution in [0, 0.1) is 0 Å². The highest BCUT2D eigenvalue weighted by molar-refractivity contribution is 7.80. The van der Waals surface area contributed by atoms with Gasteiger partial charge < -0.3 is 16.0 Å². The standard InChI is InChI=1S/C15H16N4OS/c1-9-15(20)17-6-7-19(9)13-8-11(14(16)21)10-4-2-3-5-12(10)18-13/h2-5,8-9H,6-7H2,1H3,(H2,16,21)(H,17,20). The van der Waals surface area contributed by atoms with Gasteiger partial charge in [-0.2, -0.15) is 0 Å². The lowest BCUT2D eigenvalue weighted by Crippen LogP contribution is -2.54. The minimum absolute atomic E-state index is 0.00748. The molecule has 1 fully saturated rings. The molecule has 1 aliphatic heterocycles. The lowest BCUT2D eigenvalue weighted by molar-refractivity contribution is -0.122. The Morgan fingerprint density at radius 2 is 2.24 bits per heavy atom. The van der Waals surface area contributed by atoms with Gasteiger partial charge in [0.15, 0.2) is 0 Å². The molecule has 2 aromatic rings. The summed E-state index contributed by atoms with van der Waals surface area (Å²) in [5.41, 5.74) is 7.47. The van der Waals surface area contributed by atoms with Crippen LogP contribution in [-0.2, 0) is 4.79 Å². The molecule has 1 saturated heterocycles. The van der Waals surface area contributed by atoms with E-state index in [2.05, 4.69) is 10.3 Å². The highest BCUT2D eigenvalue weighted by Gasteiger charge is 2.27. The maximum absolute atomic E-state index is 11.8. The van der Waals surface area contributed by atoms with Crippen molar-refractivity contribution in [1.82, 2.24) is 10.3 Å². The van der Waals surface area contributed by atoms with Gasteiger partial charge in [-0.25, -0.2) is 4.98 Å². The minimum atomic E-state index is -0.258. The zero-order chi connectivity index (χ0) is 15.0. The Hall–Kier alpha value is -2.21. The maximum Gasteiger partial charge on any atom is 0.242 e. The smallest absolute Gasteiger partial charge is 0.242 e. The van der Waals surface area contributed by atoms with Crippen LogP contribution in [0.5, 0.6) is 0 Å². The Morgan fingerprint density at radius 3 is 3.00 bits per heavy atom. The fourth-order valence-corrected chi connectivity index (χ4v) is 2.78. The normalized spacial score (nSPS) is 18.6. The molecule has 5 nitrogen and oxygen atoms in total. The van der Waals surface area contributed by atoms with Gasteiger partial charge in [-0.05, 0) is 19.1 Å². The molecular weight excluding hydrogens is 284 g/mol. The first-order chi connectivity index (χ1) is 10.1. The number of carbonyl (C=O) groups excluding carboxylic acids is 1. The Morgan fingerprint density at radius 1 is 1.48 bits per heavy atom. The number of fused-ring (bicyclic) bond motifs is 1. The lowest BCUT2D eigenvalue weighted by Gasteiger charge is -2.34. The molecule has 3 N–H and O–H groups in total. The van der Waals surface area contributed by atoms with E-state index in [-0.39, 0.29) is 11.9 Å². The van der Waals surface area contributed by atoms with Crippen molar-refractivity contribution >= 4 is 39.8 Å². The van der Waals surface area contributed by atoms with E-state index in [9.17, 15) is 4.79 Å². The van der Waals surface area contributed by atoms with E-state index in [1.165, 1.54) is 0 Å². The minimum Gasteiger partial charge on any atom is -0.389 e. The number of amides is 1. The molecule has 6 heteroatoms. The zero-order valence-corrected chi connectivity index (χ0v) is 12.5. The number of hydrogen-bond donors (Lipinski definition) is 2. The van der Waals surface area contributed by atoms with Crippen molar-refractivity contribution < 1.29 is 4.79 Å². The van der Waals surface area contributed by atoms with Crippen LogP contribution in [0.4, 0.5) is 5.82 Å². The number of nitrogens with one attached hydrogen (secondary N) is 1. The van der Waals surface area contributed by atoms with Gasteiger partial charge in [0.1, 0.15) is 16.8 Å². The second kappa shape index (κ2) is 5.29. The number of rotatable bonds is 2. The van der Waals surface area contributed by atoms with Gasteiger partial charge in [-0.3, -0.25) is 4.79 Å². The molecule has 3 rings (SSSR count). The number of benzene rings is 1. The molecule has 0 aliphatic carbocycles. The van der Waals surface area contributed by atoms with Crippen molar-refractivity contribution in [2.24, 2.45) is 5.73 Å². The van der Waals surface area contributed by atoms with E-state index in [4.69, 9.17) is 18.0 Å². The largest absolute Gasteiger partial charge is 0.389 e.